The lowest BCUT2D eigenvalue weighted by molar-refractivity contribution is -0.00320. The lowest BCUT2D eigenvalue weighted by Crippen LogP contribution is -2.28. The number of ether oxygens (including phenoxy) is 2. The third-order valence-corrected chi connectivity index (χ3v) is 4.65. The summed E-state index contributed by atoms with van der Waals surface area (Å²) in [6, 6.07) is 0. The Morgan fingerprint density at radius 3 is 2.71 bits per heavy atom. The molecule has 1 aliphatic heterocycles. The van der Waals surface area contributed by atoms with Gasteiger partial charge in [0.05, 0.1) is 19.3 Å². The SMILES string of the molecule is BrCC1(COC2CCOC2)CCCC1. The zero-order chi connectivity index (χ0) is 9.86. The van der Waals surface area contributed by atoms with Gasteiger partial charge >= 0.3 is 0 Å². The van der Waals surface area contributed by atoms with Crippen molar-refractivity contribution in [2.45, 2.75) is 38.2 Å². The lowest BCUT2D eigenvalue weighted by atomic mass is 9.90. The van der Waals surface area contributed by atoms with E-state index in [2.05, 4.69) is 15.9 Å². The minimum absolute atomic E-state index is 0.367. The molecule has 1 atom stereocenters. The van der Waals surface area contributed by atoms with Gasteiger partial charge in [-0.25, -0.2) is 0 Å². The molecule has 0 aromatic heterocycles. The van der Waals surface area contributed by atoms with Crippen LogP contribution in [0.5, 0.6) is 0 Å². The first-order valence-corrected chi connectivity index (χ1v) is 6.72. The van der Waals surface area contributed by atoms with Gasteiger partial charge in [0.25, 0.3) is 0 Å². The maximum absolute atomic E-state index is 5.93. The highest BCUT2D eigenvalue weighted by atomic mass is 79.9. The van der Waals surface area contributed by atoms with E-state index in [4.69, 9.17) is 9.47 Å². The first-order valence-electron chi connectivity index (χ1n) is 5.60. The van der Waals surface area contributed by atoms with Gasteiger partial charge in [-0.05, 0) is 19.3 Å². The standard InChI is InChI=1S/C11H19BrO2/c12-8-11(4-1-2-5-11)9-14-10-3-6-13-7-10/h10H,1-9H2. The van der Waals surface area contributed by atoms with Crippen molar-refractivity contribution in [1.82, 2.24) is 0 Å². The zero-order valence-corrected chi connectivity index (χ0v) is 10.2. The monoisotopic (exact) mass is 262 g/mol. The molecule has 14 heavy (non-hydrogen) atoms. The minimum atomic E-state index is 0.367. The summed E-state index contributed by atoms with van der Waals surface area (Å²) in [6.45, 7) is 2.61. The van der Waals surface area contributed by atoms with Gasteiger partial charge in [-0.15, -0.1) is 0 Å². The molecular formula is C11H19BrO2. The van der Waals surface area contributed by atoms with Gasteiger partial charge in [0.15, 0.2) is 0 Å². The third kappa shape index (κ3) is 2.50. The van der Waals surface area contributed by atoms with Gasteiger partial charge < -0.3 is 9.47 Å². The molecular weight excluding hydrogens is 244 g/mol. The number of hydrogen-bond donors (Lipinski definition) is 0. The summed E-state index contributed by atoms with van der Waals surface area (Å²) in [4.78, 5) is 0. The van der Waals surface area contributed by atoms with E-state index in [-0.39, 0.29) is 0 Å². The Balaban J connectivity index is 1.76. The van der Waals surface area contributed by atoms with Gasteiger partial charge in [0.2, 0.25) is 0 Å². The smallest absolute Gasteiger partial charge is 0.0830 e. The molecule has 0 amide bonds. The average Bonchev–Trinajstić information content (AvgIpc) is 2.87. The van der Waals surface area contributed by atoms with Crippen LogP contribution in [-0.2, 0) is 9.47 Å². The van der Waals surface area contributed by atoms with Gasteiger partial charge in [-0.2, -0.15) is 0 Å². The van der Waals surface area contributed by atoms with Gasteiger partial charge in [0, 0.05) is 17.4 Å². The molecule has 0 bridgehead atoms. The van der Waals surface area contributed by atoms with Crippen LogP contribution in [0, 0.1) is 5.41 Å². The van der Waals surface area contributed by atoms with Crippen molar-refractivity contribution in [3.8, 4) is 0 Å². The highest BCUT2D eigenvalue weighted by Gasteiger charge is 2.34. The molecule has 2 nitrogen and oxygen atoms in total. The first-order chi connectivity index (χ1) is 6.85. The molecule has 1 unspecified atom stereocenters. The molecule has 1 heterocycles. The van der Waals surface area contributed by atoms with Crippen LogP contribution in [0.15, 0.2) is 0 Å². The van der Waals surface area contributed by atoms with E-state index in [1.807, 2.05) is 0 Å². The first kappa shape index (κ1) is 10.9. The van der Waals surface area contributed by atoms with Crippen LogP contribution in [0.3, 0.4) is 0 Å². The topological polar surface area (TPSA) is 18.5 Å². The molecule has 1 saturated heterocycles. The van der Waals surface area contributed by atoms with Gasteiger partial charge in [-0.1, -0.05) is 28.8 Å². The molecule has 3 heteroatoms. The van der Waals surface area contributed by atoms with Crippen molar-refractivity contribution in [3.63, 3.8) is 0 Å². The predicted octanol–water partition coefficient (Wildman–Crippen LogP) is 2.75. The van der Waals surface area contributed by atoms with Gasteiger partial charge in [-0.3, -0.25) is 0 Å². The predicted molar refractivity (Wildman–Crippen MR) is 59.9 cm³/mol. The van der Waals surface area contributed by atoms with Crippen molar-refractivity contribution in [2.24, 2.45) is 5.41 Å². The second-order valence-electron chi connectivity index (χ2n) is 4.64. The number of hydrogen-bond acceptors (Lipinski definition) is 2. The maximum Gasteiger partial charge on any atom is 0.0830 e. The molecule has 1 aliphatic carbocycles. The number of alkyl halides is 1. The van der Waals surface area contributed by atoms with E-state index in [0.29, 0.717) is 11.5 Å². The summed E-state index contributed by atoms with van der Waals surface area (Å²) in [5.74, 6) is 0. The Morgan fingerprint density at radius 2 is 2.14 bits per heavy atom. The molecule has 1 saturated carbocycles. The van der Waals surface area contributed by atoms with Crippen molar-refractivity contribution in [1.29, 1.82) is 0 Å². The molecule has 2 rings (SSSR count). The van der Waals surface area contributed by atoms with E-state index in [1.54, 1.807) is 0 Å². The van der Waals surface area contributed by atoms with Crippen LogP contribution in [0.2, 0.25) is 0 Å². The van der Waals surface area contributed by atoms with E-state index < -0.39 is 0 Å². The van der Waals surface area contributed by atoms with Crippen LogP contribution >= 0.6 is 15.9 Å². The minimum Gasteiger partial charge on any atom is -0.379 e. The van der Waals surface area contributed by atoms with Crippen molar-refractivity contribution >= 4 is 15.9 Å². The second kappa shape index (κ2) is 4.95. The molecule has 0 aromatic rings. The molecule has 0 aromatic carbocycles. The average molecular weight is 263 g/mol. The molecule has 0 radical (unpaired) electrons. The van der Waals surface area contributed by atoms with E-state index in [9.17, 15) is 0 Å². The fourth-order valence-corrected chi connectivity index (χ4v) is 3.10. The summed E-state index contributed by atoms with van der Waals surface area (Å²) in [7, 11) is 0. The van der Waals surface area contributed by atoms with Crippen LogP contribution in [0.25, 0.3) is 0 Å². The molecule has 0 spiro atoms. The Labute approximate surface area is 94.5 Å². The summed E-state index contributed by atoms with van der Waals surface area (Å²) in [6.07, 6.45) is 6.84. The van der Waals surface area contributed by atoms with E-state index >= 15 is 0 Å². The molecule has 2 fully saturated rings. The van der Waals surface area contributed by atoms with Crippen molar-refractivity contribution in [2.75, 3.05) is 25.2 Å². The number of halogens is 1. The Morgan fingerprint density at radius 1 is 1.36 bits per heavy atom. The van der Waals surface area contributed by atoms with Crippen molar-refractivity contribution < 1.29 is 9.47 Å². The highest BCUT2D eigenvalue weighted by Crippen LogP contribution is 2.40. The Kier molecular flexibility index (Phi) is 3.86. The fraction of sp³-hybridized carbons (Fsp3) is 1.00. The summed E-state index contributed by atoms with van der Waals surface area (Å²) < 4.78 is 11.2. The quantitative estimate of drug-likeness (QED) is 0.726. The number of rotatable bonds is 4. The summed E-state index contributed by atoms with van der Waals surface area (Å²) in [5.41, 5.74) is 0.433. The summed E-state index contributed by atoms with van der Waals surface area (Å²) >= 11 is 3.63. The molecule has 2 aliphatic rings. The largest absolute Gasteiger partial charge is 0.379 e. The third-order valence-electron chi connectivity index (χ3n) is 3.46. The maximum atomic E-state index is 5.93. The fourth-order valence-electron chi connectivity index (χ4n) is 2.38. The normalized spacial score (nSPS) is 31.1. The van der Waals surface area contributed by atoms with Crippen molar-refractivity contribution in [3.05, 3.63) is 0 Å². The molecule has 0 N–H and O–H groups in total. The van der Waals surface area contributed by atoms with Gasteiger partial charge in [0.1, 0.15) is 0 Å². The van der Waals surface area contributed by atoms with Crippen LogP contribution in [0.1, 0.15) is 32.1 Å². The molecule has 82 valence electrons. The Hall–Kier alpha value is 0.400. The van der Waals surface area contributed by atoms with Crippen LogP contribution in [0.4, 0.5) is 0 Å². The highest BCUT2D eigenvalue weighted by molar-refractivity contribution is 9.09. The zero-order valence-electron chi connectivity index (χ0n) is 8.64. The van der Waals surface area contributed by atoms with E-state index in [1.165, 1.54) is 25.7 Å². The second-order valence-corrected chi connectivity index (χ2v) is 5.20. The van der Waals surface area contributed by atoms with Crippen LogP contribution < -0.4 is 0 Å². The van der Waals surface area contributed by atoms with Crippen LogP contribution in [-0.4, -0.2) is 31.3 Å². The lowest BCUT2D eigenvalue weighted by Gasteiger charge is -2.27. The van der Waals surface area contributed by atoms with E-state index in [0.717, 1.165) is 31.6 Å². The summed E-state index contributed by atoms with van der Waals surface area (Å²) in [5, 5.41) is 1.09. The Bertz CT molecular complexity index is 172.